The standard InChI is InChI=1S/C17H16N2O3/c1-11-10-15(20)19-14-9-5-8-13(16(14)22-11)17(21)18-12-6-3-2-4-7-12/h2-9,11H,10H2,1H3,(H,18,21)(H,19,20)/t11-/m0/s1. The minimum atomic E-state index is -0.285. The molecule has 1 aliphatic rings. The van der Waals surface area contributed by atoms with Gasteiger partial charge in [-0.15, -0.1) is 0 Å². The van der Waals surface area contributed by atoms with Gasteiger partial charge in [0.15, 0.2) is 5.75 Å². The molecule has 3 rings (SSSR count). The van der Waals surface area contributed by atoms with Crippen LogP contribution in [0.1, 0.15) is 23.7 Å². The van der Waals surface area contributed by atoms with Crippen molar-refractivity contribution in [2.24, 2.45) is 0 Å². The van der Waals surface area contributed by atoms with Crippen LogP contribution in [0.5, 0.6) is 5.75 Å². The van der Waals surface area contributed by atoms with Crippen molar-refractivity contribution in [2.45, 2.75) is 19.4 Å². The number of amides is 2. The van der Waals surface area contributed by atoms with Crippen molar-refractivity contribution in [3.05, 3.63) is 54.1 Å². The van der Waals surface area contributed by atoms with Crippen LogP contribution in [0.25, 0.3) is 0 Å². The van der Waals surface area contributed by atoms with E-state index in [2.05, 4.69) is 10.6 Å². The fraction of sp³-hybridized carbons (Fsp3) is 0.176. The van der Waals surface area contributed by atoms with Crippen LogP contribution in [0.3, 0.4) is 0 Å². The van der Waals surface area contributed by atoms with Crippen LogP contribution in [0.4, 0.5) is 11.4 Å². The minimum Gasteiger partial charge on any atom is -0.487 e. The molecule has 112 valence electrons. The first-order valence-corrected chi connectivity index (χ1v) is 7.09. The zero-order chi connectivity index (χ0) is 15.5. The van der Waals surface area contributed by atoms with E-state index < -0.39 is 0 Å². The van der Waals surface area contributed by atoms with E-state index in [0.29, 0.717) is 22.7 Å². The van der Waals surface area contributed by atoms with Gasteiger partial charge < -0.3 is 15.4 Å². The Bertz CT molecular complexity index is 713. The number of ether oxygens (including phenoxy) is 1. The first kappa shape index (κ1) is 14.1. The number of benzene rings is 2. The first-order valence-electron chi connectivity index (χ1n) is 7.09. The molecule has 2 N–H and O–H groups in total. The Hall–Kier alpha value is -2.82. The number of carbonyl (C=O) groups is 2. The molecule has 0 aliphatic carbocycles. The van der Waals surface area contributed by atoms with Crippen molar-refractivity contribution in [3.63, 3.8) is 0 Å². The van der Waals surface area contributed by atoms with E-state index in [-0.39, 0.29) is 24.3 Å². The van der Waals surface area contributed by atoms with Crippen molar-refractivity contribution in [1.29, 1.82) is 0 Å². The van der Waals surface area contributed by atoms with E-state index in [1.165, 1.54) is 0 Å². The summed E-state index contributed by atoms with van der Waals surface area (Å²) in [5.74, 6) is 0.0209. The Kier molecular flexibility index (Phi) is 3.78. The lowest BCUT2D eigenvalue weighted by Gasteiger charge is -2.15. The molecule has 2 aromatic rings. The third-order valence-electron chi connectivity index (χ3n) is 3.36. The van der Waals surface area contributed by atoms with E-state index in [1.807, 2.05) is 30.3 Å². The van der Waals surface area contributed by atoms with E-state index in [4.69, 9.17) is 4.74 Å². The molecule has 0 saturated carbocycles. The van der Waals surface area contributed by atoms with Crippen LogP contribution in [0, 0.1) is 0 Å². The zero-order valence-electron chi connectivity index (χ0n) is 12.1. The Morgan fingerprint density at radius 1 is 1.18 bits per heavy atom. The fourth-order valence-electron chi connectivity index (χ4n) is 2.37. The number of anilines is 2. The molecular formula is C17H16N2O3. The first-order chi connectivity index (χ1) is 10.6. The predicted molar refractivity (Wildman–Crippen MR) is 84.2 cm³/mol. The lowest BCUT2D eigenvalue weighted by atomic mass is 10.1. The molecule has 1 atom stereocenters. The maximum Gasteiger partial charge on any atom is 0.259 e. The summed E-state index contributed by atoms with van der Waals surface area (Å²) in [6, 6.07) is 14.3. The van der Waals surface area contributed by atoms with E-state index in [9.17, 15) is 9.59 Å². The number of rotatable bonds is 2. The molecule has 1 aliphatic heterocycles. The molecule has 5 nitrogen and oxygen atoms in total. The summed E-state index contributed by atoms with van der Waals surface area (Å²) >= 11 is 0. The molecule has 0 spiro atoms. The number of carbonyl (C=O) groups excluding carboxylic acids is 2. The van der Waals surface area contributed by atoms with Gasteiger partial charge in [-0.25, -0.2) is 0 Å². The van der Waals surface area contributed by atoms with Gasteiger partial charge in [0, 0.05) is 5.69 Å². The lowest BCUT2D eigenvalue weighted by Crippen LogP contribution is -2.18. The Morgan fingerprint density at radius 2 is 1.95 bits per heavy atom. The highest BCUT2D eigenvalue weighted by Gasteiger charge is 2.24. The molecule has 1 heterocycles. The van der Waals surface area contributed by atoms with Gasteiger partial charge in [0.1, 0.15) is 6.10 Å². The molecule has 5 heteroatoms. The highest BCUT2D eigenvalue weighted by atomic mass is 16.5. The average molecular weight is 296 g/mol. The maximum atomic E-state index is 12.5. The number of hydrogen-bond acceptors (Lipinski definition) is 3. The summed E-state index contributed by atoms with van der Waals surface area (Å²) < 4.78 is 5.77. The van der Waals surface area contributed by atoms with Gasteiger partial charge in [0.05, 0.1) is 17.7 Å². The Labute approximate surface area is 128 Å². The summed E-state index contributed by atoms with van der Waals surface area (Å²) in [6.45, 7) is 1.81. The lowest BCUT2D eigenvalue weighted by molar-refractivity contribution is -0.117. The molecule has 0 bridgehead atoms. The molecular weight excluding hydrogens is 280 g/mol. The maximum absolute atomic E-state index is 12.5. The third-order valence-corrected chi connectivity index (χ3v) is 3.36. The zero-order valence-corrected chi connectivity index (χ0v) is 12.1. The van der Waals surface area contributed by atoms with Crippen molar-refractivity contribution in [3.8, 4) is 5.75 Å². The summed E-state index contributed by atoms with van der Waals surface area (Å²) in [5.41, 5.74) is 1.63. The number of nitrogens with one attached hydrogen (secondary N) is 2. The normalized spacial score (nSPS) is 16.8. The molecule has 0 saturated heterocycles. The van der Waals surface area contributed by atoms with Gasteiger partial charge in [-0.2, -0.15) is 0 Å². The van der Waals surface area contributed by atoms with Gasteiger partial charge in [0.2, 0.25) is 5.91 Å². The molecule has 0 radical (unpaired) electrons. The van der Waals surface area contributed by atoms with Gasteiger partial charge >= 0.3 is 0 Å². The average Bonchev–Trinajstić information content (AvgIpc) is 2.64. The molecule has 0 fully saturated rings. The second kappa shape index (κ2) is 5.89. The quantitative estimate of drug-likeness (QED) is 0.895. The van der Waals surface area contributed by atoms with E-state index in [0.717, 1.165) is 0 Å². The largest absolute Gasteiger partial charge is 0.487 e. The number of fused-ring (bicyclic) bond motifs is 1. The topological polar surface area (TPSA) is 67.4 Å². The van der Waals surface area contributed by atoms with Crippen LogP contribution in [0.15, 0.2) is 48.5 Å². The van der Waals surface area contributed by atoms with Gasteiger partial charge in [0.25, 0.3) is 5.91 Å². The third kappa shape index (κ3) is 2.93. The smallest absolute Gasteiger partial charge is 0.259 e. The summed E-state index contributed by atoms with van der Waals surface area (Å²) in [6.07, 6.45) is -0.0269. The second-order valence-corrected chi connectivity index (χ2v) is 5.18. The summed E-state index contributed by atoms with van der Waals surface area (Å²) in [7, 11) is 0. The van der Waals surface area contributed by atoms with E-state index >= 15 is 0 Å². The van der Waals surface area contributed by atoms with Crippen molar-refractivity contribution in [1.82, 2.24) is 0 Å². The molecule has 0 aromatic heterocycles. The van der Waals surface area contributed by atoms with Crippen LogP contribution in [0.2, 0.25) is 0 Å². The second-order valence-electron chi connectivity index (χ2n) is 5.18. The summed E-state index contributed by atoms with van der Waals surface area (Å²) in [4.78, 5) is 24.2. The van der Waals surface area contributed by atoms with Crippen molar-refractivity contribution >= 4 is 23.2 Å². The highest BCUT2D eigenvalue weighted by molar-refractivity contribution is 6.08. The van der Waals surface area contributed by atoms with Gasteiger partial charge in [-0.05, 0) is 31.2 Å². The van der Waals surface area contributed by atoms with E-state index in [1.54, 1.807) is 25.1 Å². The van der Waals surface area contributed by atoms with Crippen LogP contribution < -0.4 is 15.4 Å². The van der Waals surface area contributed by atoms with Gasteiger partial charge in [-0.3, -0.25) is 9.59 Å². The predicted octanol–water partition coefficient (Wildman–Crippen LogP) is 3.05. The fourth-order valence-corrected chi connectivity index (χ4v) is 2.37. The minimum absolute atomic E-state index is 0.119. The van der Waals surface area contributed by atoms with Crippen molar-refractivity contribution < 1.29 is 14.3 Å². The van der Waals surface area contributed by atoms with Crippen LogP contribution >= 0.6 is 0 Å². The SMILES string of the molecule is C[C@H]1CC(=O)Nc2cccc(C(=O)Nc3ccccc3)c2O1. The van der Waals surface area contributed by atoms with Gasteiger partial charge in [-0.1, -0.05) is 24.3 Å². The number of hydrogen-bond donors (Lipinski definition) is 2. The summed E-state index contributed by atoms with van der Waals surface area (Å²) in [5, 5.41) is 5.59. The number of para-hydroxylation sites is 2. The monoisotopic (exact) mass is 296 g/mol. The van der Waals surface area contributed by atoms with Crippen LogP contribution in [-0.2, 0) is 4.79 Å². The molecule has 2 amide bonds. The Balaban J connectivity index is 1.93. The molecule has 2 aromatic carbocycles. The molecule has 22 heavy (non-hydrogen) atoms. The van der Waals surface area contributed by atoms with Crippen LogP contribution in [-0.4, -0.2) is 17.9 Å². The molecule has 0 unspecified atom stereocenters. The Morgan fingerprint density at radius 3 is 2.73 bits per heavy atom. The van der Waals surface area contributed by atoms with Crippen molar-refractivity contribution in [2.75, 3.05) is 10.6 Å². The highest BCUT2D eigenvalue weighted by Crippen LogP contribution is 2.33.